The van der Waals surface area contributed by atoms with Crippen LogP contribution in [0.2, 0.25) is 0 Å². The van der Waals surface area contributed by atoms with Crippen LogP contribution in [-0.4, -0.2) is 41.0 Å². The Morgan fingerprint density at radius 3 is 2.39 bits per heavy atom. The number of non-ortho nitro benzene ring substituents is 1. The van der Waals surface area contributed by atoms with Gasteiger partial charge in [0.25, 0.3) is 11.6 Å². The van der Waals surface area contributed by atoms with E-state index in [4.69, 9.17) is 21.7 Å². The number of carbonyl (C=O) groups is 3. The van der Waals surface area contributed by atoms with Gasteiger partial charge >= 0.3 is 5.97 Å². The second-order valence-corrected chi connectivity index (χ2v) is 5.72. The van der Waals surface area contributed by atoms with Crippen molar-refractivity contribution in [1.82, 2.24) is 16.2 Å². The molecule has 0 aliphatic carbocycles. The molecule has 0 saturated heterocycles. The van der Waals surface area contributed by atoms with E-state index in [0.29, 0.717) is 13.0 Å². The van der Waals surface area contributed by atoms with E-state index >= 15 is 0 Å². The first-order valence-corrected chi connectivity index (χ1v) is 8.64. The molecule has 2 amide bonds. The quantitative estimate of drug-likeness (QED) is 0.231. The SMILES string of the molecule is CCCOC(=O)CCC(=O)NC(=S)NNC(=O)COc1ccc([N+](=O)[O-])cc1. The van der Waals surface area contributed by atoms with Gasteiger partial charge in [0.2, 0.25) is 5.91 Å². The zero-order valence-electron chi connectivity index (χ0n) is 15.1. The van der Waals surface area contributed by atoms with Crippen molar-refractivity contribution in [2.24, 2.45) is 0 Å². The maximum atomic E-state index is 11.7. The molecule has 152 valence electrons. The number of carbonyl (C=O) groups excluding carboxylic acids is 3. The Balaban J connectivity index is 2.23. The van der Waals surface area contributed by atoms with Crippen molar-refractivity contribution >= 4 is 40.8 Å². The van der Waals surface area contributed by atoms with Gasteiger partial charge in [-0.1, -0.05) is 6.92 Å². The van der Waals surface area contributed by atoms with E-state index in [1.165, 1.54) is 24.3 Å². The molecule has 12 heteroatoms. The number of nitro benzene ring substituents is 1. The fourth-order valence-corrected chi connectivity index (χ4v) is 1.86. The van der Waals surface area contributed by atoms with Crippen molar-refractivity contribution in [3.8, 4) is 5.75 Å². The molecule has 0 aliphatic rings. The zero-order valence-corrected chi connectivity index (χ0v) is 15.9. The highest BCUT2D eigenvalue weighted by atomic mass is 32.1. The molecule has 0 spiro atoms. The standard InChI is InChI=1S/C16H20N4O7S/c1-2-9-26-15(23)8-7-13(21)17-16(28)19-18-14(22)10-27-12-5-3-11(4-6-12)20(24)25/h3-6H,2,7-10H2,1H3,(H,18,22)(H2,17,19,21,28). The van der Waals surface area contributed by atoms with Crippen LogP contribution < -0.4 is 20.9 Å². The summed E-state index contributed by atoms with van der Waals surface area (Å²) in [6.45, 7) is 1.77. The number of benzene rings is 1. The summed E-state index contributed by atoms with van der Waals surface area (Å²) in [6.07, 6.45) is 0.505. The Morgan fingerprint density at radius 2 is 1.79 bits per heavy atom. The number of ether oxygens (including phenoxy) is 2. The third kappa shape index (κ3) is 9.43. The lowest BCUT2D eigenvalue weighted by Crippen LogP contribution is -2.49. The molecule has 0 radical (unpaired) electrons. The largest absolute Gasteiger partial charge is 0.484 e. The van der Waals surface area contributed by atoms with Crippen molar-refractivity contribution in [2.75, 3.05) is 13.2 Å². The number of nitro groups is 1. The highest BCUT2D eigenvalue weighted by molar-refractivity contribution is 7.80. The Kier molecular flexibility index (Phi) is 9.89. The van der Waals surface area contributed by atoms with Crippen LogP contribution in [0.4, 0.5) is 5.69 Å². The molecule has 0 atom stereocenters. The molecule has 0 fully saturated rings. The summed E-state index contributed by atoms with van der Waals surface area (Å²) in [5.41, 5.74) is 4.42. The van der Waals surface area contributed by atoms with Gasteiger partial charge in [-0.2, -0.15) is 0 Å². The van der Waals surface area contributed by atoms with Gasteiger partial charge < -0.3 is 14.8 Å². The van der Waals surface area contributed by atoms with Crippen molar-refractivity contribution < 1.29 is 28.8 Å². The first kappa shape index (κ1) is 22.8. The Morgan fingerprint density at radius 1 is 1.11 bits per heavy atom. The van der Waals surface area contributed by atoms with E-state index in [2.05, 4.69) is 16.2 Å². The average molecular weight is 412 g/mol. The molecular formula is C16H20N4O7S. The Hall–Kier alpha value is -3.28. The van der Waals surface area contributed by atoms with Crippen molar-refractivity contribution in [3.63, 3.8) is 0 Å². The lowest BCUT2D eigenvalue weighted by Gasteiger charge is -2.11. The molecule has 0 bridgehead atoms. The van der Waals surface area contributed by atoms with E-state index in [9.17, 15) is 24.5 Å². The number of rotatable bonds is 9. The monoisotopic (exact) mass is 412 g/mol. The maximum absolute atomic E-state index is 11.7. The second kappa shape index (κ2) is 12.2. The Labute approximate surface area is 165 Å². The molecule has 0 aromatic heterocycles. The topological polar surface area (TPSA) is 149 Å². The third-order valence-corrected chi connectivity index (χ3v) is 3.21. The minimum absolute atomic E-state index is 0.0795. The number of thiocarbonyl (C=S) groups is 1. The summed E-state index contributed by atoms with van der Waals surface area (Å²) in [7, 11) is 0. The number of hydrogen-bond acceptors (Lipinski definition) is 8. The predicted molar refractivity (Wildman–Crippen MR) is 101 cm³/mol. The van der Waals surface area contributed by atoms with E-state index in [1.807, 2.05) is 6.92 Å². The number of esters is 1. The van der Waals surface area contributed by atoms with Crippen LogP contribution in [-0.2, 0) is 19.1 Å². The fraction of sp³-hybridized carbons (Fsp3) is 0.375. The molecule has 11 nitrogen and oxygen atoms in total. The molecule has 0 unspecified atom stereocenters. The minimum Gasteiger partial charge on any atom is -0.484 e. The van der Waals surface area contributed by atoms with Gasteiger partial charge in [0.15, 0.2) is 11.7 Å². The first-order valence-electron chi connectivity index (χ1n) is 8.23. The van der Waals surface area contributed by atoms with Gasteiger partial charge in [0.1, 0.15) is 5.75 Å². The lowest BCUT2D eigenvalue weighted by atomic mass is 10.3. The van der Waals surface area contributed by atoms with E-state index in [1.54, 1.807) is 0 Å². The molecule has 1 rings (SSSR count). The maximum Gasteiger partial charge on any atom is 0.306 e. The number of nitrogens with zero attached hydrogens (tertiary/aromatic N) is 1. The molecule has 28 heavy (non-hydrogen) atoms. The molecular weight excluding hydrogens is 392 g/mol. The van der Waals surface area contributed by atoms with Crippen LogP contribution in [0.3, 0.4) is 0 Å². The number of amides is 2. The van der Waals surface area contributed by atoms with Crippen LogP contribution in [0.1, 0.15) is 26.2 Å². The minimum atomic E-state index is -0.599. The van der Waals surface area contributed by atoms with E-state index in [-0.39, 0.29) is 36.0 Å². The van der Waals surface area contributed by atoms with Crippen LogP contribution in [0.25, 0.3) is 0 Å². The normalized spacial score (nSPS) is 9.75. The van der Waals surface area contributed by atoms with Crippen LogP contribution in [0.15, 0.2) is 24.3 Å². The summed E-state index contributed by atoms with van der Waals surface area (Å²) in [4.78, 5) is 44.6. The van der Waals surface area contributed by atoms with Crippen LogP contribution in [0, 0.1) is 10.1 Å². The van der Waals surface area contributed by atoms with Gasteiger partial charge in [0.05, 0.1) is 18.0 Å². The number of hydrazine groups is 1. The summed E-state index contributed by atoms with van der Waals surface area (Å²) in [5.74, 6) is -1.32. The highest BCUT2D eigenvalue weighted by Crippen LogP contribution is 2.16. The predicted octanol–water partition coefficient (Wildman–Crippen LogP) is 0.729. The van der Waals surface area contributed by atoms with Crippen LogP contribution in [0.5, 0.6) is 5.75 Å². The third-order valence-electron chi connectivity index (χ3n) is 3.01. The van der Waals surface area contributed by atoms with Crippen molar-refractivity contribution in [3.05, 3.63) is 34.4 Å². The molecule has 0 heterocycles. The summed E-state index contributed by atoms with van der Waals surface area (Å²) >= 11 is 4.84. The highest BCUT2D eigenvalue weighted by Gasteiger charge is 2.10. The number of hydrogen-bond donors (Lipinski definition) is 3. The fourth-order valence-electron chi connectivity index (χ4n) is 1.70. The zero-order chi connectivity index (χ0) is 20.9. The van der Waals surface area contributed by atoms with Gasteiger partial charge in [0, 0.05) is 18.6 Å². The summed E-state index contributed by atoms with van der Waals surface area (Å²) < 4.78 is 9.99. The molecule has 3 N–H and O–H groups in total. The van der Waals surface area contributed by atoms with Crippen molar-refractivity contribution in [2.45, 2.75) is 26.2 Å². The molecule has 0 aliphatic heterocycles. The molecule has 1 aromatic carbocycles. The van der Waals surface area contributed by atoms with Crippen molar-refractivity contribution in [1.29, 1.82) is 0 Å². The van der Waals surface area contributed by atoms with Crippen LogP contribution >= 0.6 is 12.2 Å². The van der Waals surface area contributed by atoms with E-state index < -0.39 is 22.7 Å². The lowest BCUT2D eigenvalue weighted by molar-refractivity contribution is -0.384. The Bertz CT molecular complexity index is 724. The molecule has 0 saturated carbocycles. The number of nitrogens with one attached hydrogen (secondary N) is 3. The van der Waals surface area contributed by atoms with E-state index in [0.717, 1.165) is 0 Å². The van der Waals surface area contributed by atoms with Gasteiger partial charge in [-0.15, -0.1) is 0 Å². The first-order chi connectivity index (χ1) is 13.3. The average Bonchev–Trinajstić information content (AvgIpc) is 2.67. The smallest absolute Gasteiger partial charge is 0.306 e. The summed E-state index contributed by atoms with van der Waals surface area (Å²) in [5, 5.41) is 12.7. The van der Waals surface area contributed by atoms with Gasteiger partial charge in [-0.05, 0) is 30.8 Å². The van der Waals surface area contributed by atoms with Gasteiger partial charge in [-0.25, -0.2) is 0 Å². The van der Waals surface area contributed by atoms with Gasteiger partial charge in [-0.3, -0.25) is 35.3 Å². The second-order valence-electron chi connectivity index (χ2n) is 5.31. The molecule has 1 aromatic rings. The summed E-state index contributed by atoms with van der Waals surface area (Å²) in [6, 6.07) is 5.20.